The molecule has 0 atom stereocenters. The summed E-state index contributed by atoms with van der Waals surface area (Å²) in [6, 6.07) is 13.1. The molecule has 0 unspecified atom stereocenters. The summed E-state index contributed by atoms with van der Waals surface area (Å²) in [5, 5.41) is 0. The van der Waals surface area contributed by atoms with Gasteiger partial charge in [0.2, 0.25) is 10.0 Å². The zero-order valence-corrected chi connectivity index (χ0v) is 18.3. The van der Waals surface area contributed by atoms with E-state index in [9.17, 15) is 18.0 Å². The van der Waals surface area contributed by atoms with Gasteiger partial charge in [-0.15, -0.1) is 0 Å². The molecule has 0 bridgehead atoms. The average molecular weight is 446 g/mol. The van der Waals surface area contributed by atoms with Crippen molar-refractivity contribution in [2.75, 3.05) is 19.7 Å². The van der Waals surface area contributed by atoms with E-state index >= 15 is 0 Å². The normalized spacial score (nSPS) is 15.0. The Hall–Kier alpha value is -2.91. The number of hydrogen-bond donors (Lipinski definition) is 2. The van der Waals surface area contributed by atoms with Gasteiger partial charge in [-0.2, -0.15) is 4.31 Å². The van der Waals surface area contributed by atoms with Gasteiger partial charge < -0.3 is 4.74 Å². The van der Waals surface area contributed by atoms with Crippen LogP contribution in [0.25, 0.3) is 0 Å². The van der Waals surface area contributed by atoms with Gasteiger partial charge in [0.1, 0.15) is 5.75 Å². The Morgan fingerprint density at radius 3 is 2.39 bits per heavy atom. The summed E-state index contributed by atoms with van der Waals surface area (Å²) < 4.78 is 32.8. The molecule has 0 aromatic heterocycles. The predicted molar refractivity (Wildman–Crippen MR) is 116 cm³/mol. The zero-order valence-electron chi connectivity index (χ0n) is 17.5. The Balaban J connectivity index is 1.58. The average Bonchev–Trinajstić information content (AvgIpc) is 3.07. The number of carbonyl (C=O) groups is 2. The molecule has 0 radical (unpaired) electrons. The van der Waals surface area contributed by atoms with Gasteiger partial charge in [-0.25, -0.2) is 8.42 Å². The second kappa shape index (κ2) is 10.4. The van der Waals surface area contributed by atoms with Crippen LogP contribution >= 0.6 is 0 Å². The van der Waals surface area contributed by atoms with Gasteiger partial charge in [-0.1, -0.05) is 37.1 Å². The molecule has 0 saturated carbocycles. The molecular formula is C22H27N3O5S. The smallest absolute Gasteiger partial charge is 0.276 e. The van der Waals surface area contributed by atoms with Crippen LogP contribution in [0.5, 0.6) is 5.75 Å². The molecule has 2 N–H and O–H groups in total. The van der Waals surface area contributed by atoms with Crippen molar-refractivity contribution in [1.82, 2.24) is 15.2 Å². The highest BCUT2D eigenvalue weighted by molar-refractivity contribution is 7.89. The fraction of sp³-hybridized carbons (Fsp3) is 0.364. The van der Waals surface area contributed by atoms with Crippen molar-refractivity contribution in [3.8, 4) is 5.75 Å². The minimum absolute atomic E-state index is 0.0660. The van der Waals surface area contributed by atoms with E-state index in [2.05, 4.69) is 10.9 Å². The lowest BCUT2D eigenvalue weighted by Crippen LogP contribution is -2.43. The third kappa shape index (κ3) is 6.05. The van der Waals surface area contributed by atoms with Crippen molar-refractivity contribution in [2.24, 2.45) is 0 Å². The van der Waals surface area contributed by atoms with Crippen LogP contribution < -0.4 is 15.6 Å². The van der Waals surface area contributed by atoms with Gasteiger partial charge in [0.15, 0.2) is 6.61 Å². The number of hydrazine groups is 1. The minimum atomic E-state index is -3.67. The van der Waals surface area contributed by atoms with Crippen LogP contribution in [0, 0.1) is 6.92 Å². The summed E-state index contributed by atoms with van der Waals surface area (Å²) in [5.41, 5.74) is 5.59. The standard InChI is InChI=1S/C22H27N3O5S/c1-17-9-4-5-12-20(17)30-16-21(26)23-24-22(27)18-10-8-11-19(15-18)31(28,29)25-13-6-2-3-7-14-25/h4-5,8-12,15H,2-3,6-7,13-14,16H2,1H3,(H,23,26)(H,24,27). The molecule has 0 spiro atoms. The molecule has 3 rings (SSSR count). The number of aryl methyl sites for hydroxylation is 1. The molecule has 9 heteroatoms. The molecule has 2 aromatic rings. The number of rotatable bonds is 6. The number of sulfonamides is 1. The van der Waals surface area contributed by atoms with Crippen LogP contribution in [-0.4, -0.2) is 44.2 Å². The molecule has 1 fully saturated rings. The van der Waals surface area contributed by atoms with Crippen molar-refractivity contribution in [2.45, 2.75) is 37.5 Å². The first-order valence-corrected chi connectivity index (χ1v) is 11.7. The Morgan fingerprint density at radius 2 is 1.68 bits per heavy atom. The van der Waals surface area contributed by atoms with E-state index in [-0.39, 0.29) is 17.1 Å². The van der Waals surface area contributed by atoms with Crippen molar-refractivity contribution in [1.29, 1.82) is 0 Å². The van der Waals surface area contributed by atoms with Crippen molar-refractivity contribution in [3.63, 3.8) is 0 Å². The highest BCUT2D eigenvalue weighted by atomic mass is 32.2. The van der Waals surface area contributed by atoms with Gasteiger partial charge in [-0.3, -0.25) is 20.4 Å². The summed E-state index contributed by atoms with van der Waals surface area (Å²) in [4.78, 5) is 24.5. The second-order valence-corrected chi connectivity index (χ2v) is 9.34. The van der Waals surface area contributed by atoms with Gasteiger partial charge in [0.05, 0.1) is 4.90 Å². The van der Waals surface area contributed by atoms with Gasteiger partial charge in [0, 0.05) is 18.7 Å². The number of nitrogens with one attached hydrogen (secondary N) is 2. The molecule has 1 aliphatic heterocycles. The van der Waals surface area contributed by atoms with Gasteiger partial charge in [0.25, 0.3) is 11.8 Å². The number of carbonyl (C=O) groups excluding carboxylic acids is 2. The van der Waals surface area contributed by atoms with Crippen LogP contribution in [0.2, 0.25) is 0 Å². The van der Waals surface area contributed by atoms with Crippen LogP contribution in [0.1, 0.15) is 41.6 Å². The fourth-order valence-corrected chi connectivity index (χ4v) is 4.89. The maximum Gasteiger partial charge on any atom is 0.276 e. The number of ether oxygens (including phenoxy) is 1. The number of amides is 2. The Kier molecular flexibility index (Phi) is 7.64. The molecule has 1 aliphatic rings. The maximum absolute atomic E-state index is 12.9. The molecule has 0 aliphatic carbocycles. The fourth-order valence-electron chi connectivity index (χ4n) is 3.33. The van der Waals surface area contributed by atoms with E-state index < -0.39 is 21.8 Å². The highest BCUT2D eigenvalue weighted by Gasteiger charge is 2.25. The minimum Gasteiger partial charge on any atom is -0.483 e. The lowest BCUT2D eigenvalue weighted by atomic mass is 10.2. The number of benzene rings is 2. The second-order valence-electron chi connectivity index (χ2n) is 7.40. The zero-order chi connectivity index (χ0) is 22.3. The van der Waals surface area contributed by atoms with E-state index in [1.54, 1.807) is 12.1 Å². The first-order valence-electron chi connectivity index (χ1n) is 10.3. The van der Waals surface area contributed by atoms with Crippen LogP contribution in [0.3, 0.4) is 0 Å². The summed E-state index contributed by atoms with van der Waals surface area (Å²) >= 11 is 0. The molecule has 2 amide bonds. The summed E-state index contributed by atoms with van der Waals surface area (Å²) in [6.45, 7) is 2.56. The summed E-state index contributed by atoms with van der Waals surface area (Å²) in [6.07, 6.45) is 3.69. The quantitative estimate of drug-likeness (QED) is 0.665. The number of nitrogens with zero attached hydrogens (tertiary/aromatic N) is 1. The SMILES string of the molecule is Cc1ccccc1OCC(=O)NNC(=O)c1cccc(S(=O)(=O)N2CCCCCC2)c1. The predicted octanol–water partition coefficient (Wildman–Crippen LogP) is 2.40. The number of para-hydroxylation sites is 1. The van der Waals surface area contributed by atoms with Crippen LogP contribution in [-0.2, 0) is 14.8 Å². The summed E-state index contributed by atoms with van der Waals surface area (Å²) in [5.74, 6) is -0.572. The lowest BCUT2D eigenvalue weighted by Gasteiger charge is -2.20. The lowest BCUT2D eigenvalue weighted by molar-refractivity contribution is -0.123. The van der Waals surface area contributed by atoms with Gasteiger partial charge in [-0.05, 0) is 49.6 Å². The van der Waals surface area contributed by atoms with Crippen molar-refractivity contribution < 1.29 is 22.7 Å². The van der Waals surface area contributed by atoms with E-state index in [0.29, 0.717) is 18.8 Å². The first-order chi connectivity index (χ1) is 14.9. The third-order valence-electron chi connectivity index (χ3n) is 5.07. The largest absolute Gasteiger partial charge is 0.483 e. The van der Waals surface area contributed by atoms with Crippen LogP contribution in [0.15, 0.2) is 53.4 Å². The maximum atomic E-state index is 12.9. The van der Waals surface area contributed by atoms with E-state index in [4.69, 9.17) is 4.74 Å². The molecule has 1 saturated heterocycles. The van der Waals surface area contributed by atoms with E-state index in [1.807, 2.05) is 19.1 Å². The van der Waals surface area contributed by atoms with Gasteiger partial charge >= 0.3 is 0 Å². The van der Waals surface area contributed by atoms with Crippen molar-refractivity contribution >= 4 is 21.8 Å². The molecule has 8 nitrogen and oxygen atoms in total. The Labute approximate surface area is 182 Å². The van der Waals surface area contributed by atoms with E-state index in [1.165, 1.54) is 28.6 Å². The first kappa shape index (κ1) is 22.8. The monoisotopic (exact) mass is 445 g/mol. The number of hydrogen-bond acceptors (Lipinski definition) is 5. The Morgan fingerprint density at radius 1 is 0.968 bits per heavy atom. The third-order valence-corrected chi connectivity index (χ3v) is 6.96. The molecule has 166 valence electrons. The van der Waals surface area contributed by atoms with Crippen molar-refractivity contribution in [3.05, 3.63) is 59.7 Å². The van der Waals surface area contributed by atoms with E-state index in [0.717, 1.165) is 31.2 Å². The topological polar surface area (TPSA) is 105 Å². The van der Waals surface area contributed by atoms with Crippen LogP contribution in [0.4, 0.5) is 0 Å². The molecule has 2 aromatic carbocycles. The highest BCUT2D eigenvalue weighted by Crippen LogP contribution is 2.21. The molecule has 1 heterocycles. The summed E-state index contributed by atoms with van der Waals surface area (Å²) in [7, 11) is -3.67. The molecular weight excluding hydrogens is 418 g/mol. The molecule has 31 heavy (non-hydrogen) atoms. The Bertz CT molecular complexity index is 1030.